The number of hydrogen-bond donors (Lipinski definition) is 1. The summed E-state index contributed by atoms with van der Waals surface area (Å²) in [5, 5.41) is 9.50. The van der Waals surface area contributed by atoms with Crippen LogP contribution in [0.2, 0.25) is 0 Å². The van der Waals surface area contributed by atoms with Gasteiger partial charge in [-0.15, -0.1) is 4.73 Å². The third kappa shape index (κ3) is 3.45. The lowest BCUT2D eigenvalue weighted by Crippen LogP contribution is -2.32. The van der Waals surface area contributed by atoms with Gasteiger partial charge in [-0.05, 0) is 30.5 Å². The minimum absolute atomic E-state index is 0.00460. The number of alkyl halides is 3. The molecule has 1 aliphatic rings. The molecule has 4 rings (SSSR count). The largest absolute Gasteiger partial charge is 0.435 e. The monoisotopic (exact) mass is 480 g/mol. The first-order valence-electron chi connectivity index (χ1n) is 9.83. The summed E-state index contributed by atoms with van der Waals surface area (Å²) >= 11 is 0. The van der Waals surface area contributed by atoms with Crippen LogP contribution in [0.15, 0.2) is 28.0 Å². The molecule has 3 aromatic rings. The number of nitrogens with zero attached hydrogens (tertiary/aromatic N) is 5. The van der Waals surface area contributed by atoms with Gasteiger partial charge >= 0.3 is 11.7 Å². The predicted molar refractivity (Wildman–Crippen MR) is 112 cm³/mol. The Morgan fingerprint density at radius 1 is 1.36 bits per heavy atom. The van der Waals surface area contributed by atoms with Gasteiger partial charge in [0.2, 0.25) is 0 Å². The number of nitrogens with one attached hydrogen (secondary N) is 1. The number of halogens is 3. The SMILES string of the molecule is CC[S@](=N)(=O)c1cc(C2(C#N)CC2)cnc1-c1nc2cc(C(F)(F)F)n(OC)c(=O)c2n1C. The van der Waals surface area contributed by atoms with E-state index in [4.69, 9.17) is 4.78 Å². The van der Waals surface area contributed by atoms with Crippen LogP contribution in [0.3, 0.4) is 0 Å². The molecule has 13 heteroatoms. The zero-order valence-electron chi connectivity index (χ0n) is 17.9. The van der Waals surface area contributed by atoms with E-state index in [9.17, 15) is 27.4 Å². The first-order chi connectivity index (χ1) is 15.4. The van der Waals surface area contributed by atoms with E-state index in [1.165, 1.54) is 23.9 Å². The molecule has 1 N–H and O–H groups in total. The van der Waals surface area contributed by atoms with Gasteiger partial charge < -0.3 is 9.40 Å². The summed E-state index contributed by atoms with van der Waals surface area (Å²) in [6.45, 7) is 1.56. The Balaban J connectivity index is 2.04. The maximum absolute atomic E-state index is 13.5. The molecule has 0 aliphatic heterocycles. The van der Waals surface area contributed by atoms with Gasteiger partial charge in [0.05, 0.1) is 31.6 Å². The van der Waals surface area contributed by atoms with Crippen molar-refractivity contribution >= 4 is 20.8 Å². The highest BCUT2D eigenvalue weighted by molar-refractivity contribution is 7.92. The van der Waals surface area contributed by atoms with Crippen LogP contribution in [0.4, 0.5) is 13.2 Å². The van der Waals surface area contributed by atoms with Gasteiger partial charge in [-0.1, -0.05) is 6.92 Å². The van der Waals surface area contributed by atoms with Crippen LogP contribution in [0.1, 0.15) is 31.0 Å². The van der Waals surface area contributed by atoms with Crippen LogP contribution < -0.4 is 10.4 Å². The second-order valence-electron chi connectivity index (χ2n) is 7.77. The predicted octanol–water partition coefficient (Wildman–Crippen LogP) is 2.85. The molecule has 3 aromatic heterocycles. The minimum atomic E-state index is -4.88. The standard InChI is InChI=1S/C20H19F3N6O3S/c1-4-33(25,31)13-7-11(19(10-24)5-6-19)9-26-15(13)17-27-12-8-14(20(21,22)23)29(32-3)18(30)16(12)28(17)2/h7-9,25H,4-6H2,1-3H3/t33-/m0/s1. The molecule has 1 atom stereocenters. The fraction of sp³-hybridized carbons (Fsp3) is 0.400. The van der Waals surface area contributed by atoms with E-state index in [1.54, 1.807) is 6.92 Å². The normalized spacial score (nSPS) is 16.9. The summed E-state index contributed by atoms with van der Waals surface area (Å²) in [7, 11) is -1.01. The third-order valence-electron chi connectivity index (χ3n) is 5.82. The van der Waals surface area contributed by atoms with Crippen molar-refractivity contribution in [3.63, 3.8) is 0 Å². The highest BCUT2D eigenvalue weighted by atomic mass is 32.2. The Labute approximate surface area is 186 Å². The van der Waals surface area contributed by atoms with Crippen molar-refractivity contribution in [3.05, 3.63) is 39.9 Å². The van der Waals surface area contributed by atoms with E-state index in [1.807, 2.05) is 0 Å². The molecule has 9 nitrogen and oxygen atoms in total. The number of nitriles is 1. The van der Waals surface area contributed by atoms with Crippen molar-refractivity contribution in [1.29, 1.82) is 10.0 Å². The highest BCUT2D eigenvalue weighted by Gasteiger charge is 2.46. The lowest BCUT2D eigenvalue weighted by Gasteiger charge is -2.14. The fourth-order valence-electron chi connectivity index (χ4n) is 3.73. The maximum atomic E-state index is 13.5. The molecule has 0 unspecified atom stereocenters. The van der Waals surface area contributed by atoms with E-state index >= 15 is 0 Å². The number of aryl methyl sites for hydroxylation is 1. The minimum Gasteiger partial charge on any atom is -0.413 e. The molecule has 174 valence electrons. The molecule has 33 heavy (non-hydrogen) atoms. The second kappa shape index (κ2) is 7.31. The van der Waals surface area contributed by atoms with Crippen LogP contribution >= 0.6 is 0 Å². The van der Waals surface area contributed by atoms with Gasteiger partial charge in [0, 0.05) is 19.0 Å². The fourth-order valence-corrected chi connectivity index (χ4v) is 4.81. The lowest BCUT2D eigenvalue weighted by atomic mass is 9.99. The van der Waals surface area contributed by atoms with Crippen molar-refractivity contribution in [2.45, 2.75) is 36.3 Å². The molecular weight excluding hydrogens is 461 g/mol. The first-order valence-corrected chi connectivity index (χ1v) is 11.6. The number of hydrogen-bond acceptors (Lipinski definition) is 7. The van der Waals surface area contributed by atoms with Gasteiger partial charge in [0.15, 0.2) is 11.5 Å². The van der Waals surface area contributed by atoms with Gasteiger partial charge in [0.1, 0.15) is 18.3 Å². The molecule has 0 saturated heterocycles. The summed E-state index contributed by atoms with van der Waals surface area (Å²) in [4.78, 5) is 26.0. The van der Waals surface area contributed by atoms with Crippen molar-refractivity contribution in [2.75, 3.05) is 12.9 Å². The van der Waals surface area contributed by atoms with Crippen LogP contribution in [0.25, 0.3) is 22.6 Å². The lowest BCUT2D eigenvalue weighted by molar-refractivity contribution is -0.151. The van der Waals surface area contributed by atoms with Crippen LogP contribution in [0, 0.1) is 16.1 Å². The summed E-state index contributed by atoms with van der Waals surface area (Å²) in [5.74, 6) is -0.0792. The van der Waals surface area contributed by atoms with E-state index in [0.29, 0.717) is 24.5 Å². The van der Waals surface area contributed by atoms with E-state index < -0.39 is 32.6 Å². The number of rotatable bonds is 5. The molecule has 0 bridgehead atoms. The van der Waals surface area contributed by atoms with Crippen molar-refractivity contribution in [1.82, 2.24) is 19.3 Å². The molecule has 0 aromatic carbocycles. The quantitative estimate of drug-likeness (QED) is 0.598. The number of fused-ring (bicyclic) bond motifs is 1. The van der Waals surface area contributed by atoms with E-state index in [-0.39, 0.29) is 37.9 Å². The summed E-state index contributed by atoms with van der Waals surface area (Å²) in [6.07, 6.45) is -2.23. The average Bonchev–Trinajstić information content (AvgIpc) is 3.50. The number of aromatic nitrogens is 4. The van der Waals surface area contributed by atoms with E-state index in [0.717, 1.165) is 7.11 Å². The molecule has 0 amide bonds. The maximum Gasteiger partial charge on any atom is 0.435 e. The van der Waals surface area contributed by atoms with Gasteiger partial charge in [-0.2, -0.15) is 18.4 Å². The molecular formula is C20H19F3N6O3S. The molecule has 1 aliphatic carbocycles. The summed E-state index contributed by atoms with van der Waals surface area (Å²) < 4.78 is 63.2. The van der Waals surface area contributed by atoms with Crippen LogP contribution in [-0.2, 0) is 28.4 Å². The Hall–Kier alpha value is -3.40. The third-order valence-corrected chi connectivity index (χ3v) is 7.65. The Bertz CT molecular complexity index is 1490. The van der Waals surface area contributed by atoms with Gasteiger partial charge in [-0.25, -0.2) is 14.0 Å². The number of pyridine rings is 2. The van der Waals surface area contributed by atoms with Gasteiger partial charge in [-0.3, -0.25) is 9.78 Å². The molecule has 0 radical (unpaired) electrons. The Morgan fingerprint density at radius 2 is 2.03 bits per heavy atom. The topological polar surface area (TPSA) is 127 Å². The van der Waals surface area contributed by atoms with Crippen LogP contribution in [-0.4, -0.2) is 36.3 Å². The zero-order valence-corrected chi connectivity index (χ0v) is 18.7. The van der Waals surface area contributed by atoms with Crippen molar-refractivity contribution in [2.24, 2.45) is 7.05 Å². The van der Waals surface area contributed by atoms with Gasteiger partial charge in [0.25, 0.3) is 0 Å². The average molecular weight is 480 g/mol. The zero-order chi connectivity index (χ0) is 24.3. The summed E-state index contributed by atoms with van der Waals surface area (Å²) in [6, 6.07) is 4.39. The molecule has 3 heterocycles. The highest BCUT2D eigenvalue weighted by Crippen LogP contribution is 2.48. The second-order valence-corrected chi connectivity index (χ2v) is 10.1. The Kier molecular flexibility index (Phi) is 5.05. The first kappa shape index (κ1) is 22.8. The number of imidazole rings is 1. The molecule has 1 saturated carbocycles. The smallest absolute Gasteiger partial charge is 0.413 e. The van der Waals surface area contributed by atoms with Crippen molar-refractivity contribution in [3.8, 4) is 17.6 Å². The van der Waals surface area contributed by atoms with Crippen LogP contribution in [0.5, 0.6) is 0 Å². The van der Waals surface area contributed by atoms with Crippen molar-refractivity contribution < 1.29 is 22.2 Å². The van der Waals surface area contributed by atoms with E-state index in [2.05, 4.69) is 20.9 Å². The summed E-state index contributed by atoms with van der Waals surface area (Å²) in [5.41, 5.74) is -3.06. The molecule has 1 fully saturated rings. The Morgan fingerprint density at radius 3 is 2.55 bits per heavy atom. The molecule has 0 spiro atoms.